The average Bonchev–Trinajstić information content (AvgIpc) is 2.94. The number of nitrogens with zero attached hydrogens (tertiary/aromatic N) is 2. The van der Waals surface area contributed by atoms with Crippen LogP contribution in [0.2, 0.25) is 0 Å². The highest BCUT2D eigenvalue weighted by atomic mass is 16.2. The van der Waals surface area contributed by atoms with E-state index < -0.39 is 0 Å². The molecule has 4 nitrogen and oxygen atoms in total. The normalized spacial score (nSPS) is 38.5. The maximum atomic E-state index is 12.2. The molecule has 1 heterocycles. The van der Waals surface area contributed by atoms with Crippen molar-refractivity contribution in [3.8, 4) is 0 Å². The highest BCUT2D eigenvalue weighted by Crippen LogP contribution is 2.48. The standard InChI is InChI=1S/C13H23N3O/c1-15-4-6-16(7-5-15)14-13(17)12-9-10-2-3-11(12)8-10/h10-12H,2-9H2,1H3,(H,14,17). The van der Waals surface area contributed by atoms with Crippen molar-refractivity contribution < 1.29 is 4.79 Å². The first kappa shape index (κ1) is 11.5. The topological polar surface area (TPSA) is 35.6 Å². The molecule has 4 heteroatoms. The second kappa shape index (κ2) is 4.58. The third kappa shape index (κ3) is 2.33. The van der Waals surface area contributed by atoms with Crippen LogP contribution in [0.3, 0.4) is 0 Å². The molecule has 3 aliphatic rings. The van der Waals surface area contributed by atoms with Gasteiger partial charge in [-0.2, -0.15) is 0 Å². The van der Waals surface area contributed by atoms with Crippen LogP contribution in [0, 0.1) is 17.8 Å². The molecule has 2 bridgehead atoms. The van der Waals surface area contributed by atoms with Crippen LogP contribution in [0.1, 0.15) is 25.7 Å². The minimum absolute atomic E-state index is 0.293. The second-order valence-corrected chi connectivity index (χ2v) is 6.05. The lowest BCUT2D eigenvalue weighted by Gasteiger charge is -2.33. The van der Waals surface area contributed by atoms with Gasteiger partial charge in [-0.3, -0.25) is 10.2 Å². The van der Waals surface area contributed by atoms with E-state index in [9.17, 15) is 4.79 Å². The summed E-state index contributed by atoms with van der Waals surface area (Å²) < 4.78 is 0. The van der Waals surface area contributed by atoms with E-state index in [2.05, 4.69) is 22.4 Å². The minimum atomic E-state index is 0.293. The molecule has 0 radical (unpaired) electrons. The molecule has 1 saturated heterocycles. The molecule has 0 aromatic heterocycles. The smallest absolute Gasteiger partial charge is 0.237 e. The molecule has 96 valence electrons. The highest BCUT2D eigenvalue weighted by molar-refractivity contribution is 5.79. The van der Waals surface area contributed by atoms with Crippen molar-refractivity contribution >= 4 is 5.91 Å². The van der Waals surface area contributed by atoms with Crippen LogP contribution in [0.25, 0.3) is 0 Å². The molecule has 0 aromatic rings. The molecule has 3 rings (SSSR count). The fourth-order valence-electron chi connectivity index (χ4n) is 3.72. The van der Waals surface area contributed by atoms with E-state index in [1.54, 1.807) is 0 Å². The predicted molar refractivity (Wildman–Crippen MR) is 66.2 cm³/mol. The molecule has 3 unspecified atom stereocenters. The SMILES string of the molecule is CN1CCN(NC(=O)C2CC3CCC2C3)CC1. The lowest BCUT2D eigenvalue weighted by Crippen LogP contribution is -2.54. The van der Waals surface area contributed by atoms with Crippen LogP contribution in [-0.4, -0.2) is 49.0 Å². The van der Waals surface area contributed by atoms with E-state index in [0.717, 1.165) is 38.5 Å². The van der Waals surface area contributed by atoms with Gasteiger partial charge in [0, 0.05) is 32.1 Å². The van der Waals surface area contributed by atoms with Gasteiger partial charge in [-0.05, 0) is 38.1 Å². The summed E-state index contributed by atoms with van der Waals surface area (Å²) in [5.41, 5.74) is 3.13. The van der Waals surface area contributed by atoms with Crippen LogP contribution in [0.4, 0.5) is 0 Å². The number of nitrogens with one attached hydrogen (secondary N) is 1. The molecule has 3 fully saturated rings. The van der Waals surface area contributed by atoms with Crippen molar-refractivity contribution in [1.29, 1.82) is 0 Å². The summed E-state index contributed by atoms with van der Waals surface area (Å²) in [6.07, 6.45) is 5.10. The van der Waals surface area contributed by atoms with Gasteiger partial charge in [0.2, 0.25) is 5.91 Å². The van der Waals surface area contributed by atoms with Gasteiger partial charge >= 0.3 is 0 Å². The molecule has 0 spiro atoms. The number of carbonyl (C=O) groups excluding carboxylic acids is 1. The number of carbonyl (C=O) groups is 1. The monoisotopic (exact) mass is 237 g/mol. The van der Waals surface area contributed by atoms with Gasteiger partial charge in [-0.25, -0.2) is 5.01 Å². The van der Waals surface area contributed by atoms with Gasteiger partial charge in [-0.1, -0.05) is 6.42 Å². The zero-order valence-electron chi connectivity index (χ0n) is 10.7. The number of hydrogen-bond acceptors (Lipinski definition) is 3. The number of hydrogen-bond donors (Lipinski definition) is 1. The Bertz CT molecular complexity index is 299. The number of likely N-dealkylation sites (N-methyl/N-ethyl adjacent to an activating group) is 1. The van der Waals surface area contributed by atoms with Crippen molar-refractivity contribution in [3.63, 3.8) is 0 Å². The minimum Gasteiger partial charge on any atom is -0.304 e. The van der Waals surface area contributed by atoms with E-state index in [0.29, 0.717) is 17.7 Å². The van der Waals surface area contributed by atoms with E-state index in [4.69, 9.17) is 0 Å². The van der Waals surface area contributed by atoms with E-state index >= 15 is 0 Å². The zero-order chi connectivity index (χ0) is 11.8. The first-order valence-electron chi connectivity index (χ1n) is 6.96. The molecule has 17 heavy (non-hydrogen) atoms. The van der Waals surface area contributed by atoms with Gasteiger partial charge in [0.05, 0.1) is 0 Å². The highest BCUT2D eigenvalue weighted by Gasteiger charge is 2.43. The summed E-state index contributed by atoms with van der Waals surface area (Å²) in [6.45, 7) is 4.03. The molecule has 2 saturated carbocycles. The number of amides is 1. The molecule has 0 aromatic carbocycles. The fourth-order valence-corrected chi connectivity index (χ4v) is 3.72. The maximum absolute atomic E-state index is 12.2. The van der Waals surface area contributed by atoms with Crippen LogP contribution < -0.4 is 5.43 Å². The van der Waals surface area contributed by atoms with Crippen molar-refractivity contribution in [3.05, 3.63) is 0 Å². The maximum Gasteiger partial charge on any atom is 0.237 e. The van der Waals surface area contributed by atoms with Crippen molar-refractivity contribution in [1.82, 2.24) is 15.3 Å². The Kier molecular flexibility index (Phi) is 3.09. The van der Waals surface area contributed by atoms with Gasteiger partial charge < -0.3 is 4.90 Å². The quantitative estimate of drug-likeness (QED) is 0.768. The summed E-state index contributed by atoms with van der Waals surface area (Å²) in [4.78, 5) is 14.5. The molecular weight excluding hydrogens is 214 g/mol. The van der Waals surface area contributed by atoms with Crippen molar-refractivity contribution in [2.45, 2.75) is 25.7 Å². The first-order chi connectivity index (χ1) is 8.22. The number of fused-ring (bicyclic) bond motifs is 2. The zero-order valence-corrected chi connectivity index (χ0v) is 10.7. The lowest BCUT2D eigenvalue weighted by atomic mass is 9.88. The van der Waals surface area contributed by atoms with Crippen LogP contribution in [-0.2, 0) is 4.79 Å². The second-order valence-electron chi connectivity index (χ2n) is 6.05. The van der Waals surface area contributed by atoms with Crippen LogP contribution in [0.15, 0.2) is 0 Å². The summed E-state index contributed by atoms with van der Waals surface area (Å²) in [7, 11) is 2.13. The van der Waals surface area contributed by atoms with E-state index in [-0.39, 0.29) is 0 Å². The fraction of sp³-hybridized carbons (Fsp3) is 0.923. The van der Waals surface area contributed by atoms with Gasteiger partial charge in [0.1, 0.15) is 0 Å². The molecular formula is C13H23N3O. The van der Waals surface area contributed by atoms with Crippen LogP contribution in [0.5, 0.6) is 0 Å². The summed E-state index contributed by atoms with van der Waals surface area (Å²) in [6, 6.07) is 0. The van der Waals surface area contributed by atoms with Gasteiger partial charge in [0.15, 0.2) is 0 Å². The summed E-state index contributed by atoms with van der Waals surface area (Å²) >= 11 is 0. The molecule has 1 aliphatic heterocycles. The Morgan fingerprint density at radius 2 is 1.88 bits per heavy atom. The largest absolute Gasteiger partial charge is 0.304 e. The van der Waals surface area contributed by atoms with Gasteiger partial charge in [-0.15, -0.1) is 0 Å². The molecule has 1 N–H and O–H groups in total. The average molecular weight is 237 g/mol. The Morgan fingerprint density at radius 3 is 2.47 bits per heavy atom. The number of hydrazine groups is 1. The molecule has 2 aliphatic carbocycles. The lowest BCUT2D eigenvalue weighted by molar-refractivity contribution is -0.132. The van der Waals surface area contributed by atoms with E-state index in [1.807, 2.05) is 0 Å². The third-order valence-electron chi connectivity index (χ3n) is 4.85. The summed E-state index contributed by atoms with van der Waals surface area (Å²) in [5.74, 6) is 2.14. The van der Waals surface area contributed by atoms with E-state index in [1.165, 1.54) is 19.3 Å². The van der Waals surface area contributed by atoms with Crippen molar-refractivity contribution in [2.24, 2.45) is 17.8 Å². The van der Waals surface area contributed by atoms with Crippen LogP contribution >= 0.6 is 0 Å². The Hall–Kier alpha value is -0.610. The van der Waals surface area contributed by atoms with Gasteiger partial charge in [0.25, 0.3) is 0 Å². The Labute approximate surface area is 103 Å². The number of piperazine rings is 1. The summed E-state index contributed by atoms with van der Waals surface area (Å²) in [5, 5.41) is 2.11. The molecule has 1 amide bonds. The Morgan fingerprint density at radius 1 is 1.12 bits per heavy atom. The van der Waals surface area contributed by atoms with Crippen molar-refractivity contribution in [2.75, 3.05) is 33.2 Å². The predicted octanol–water partition coefficient (Wildman–Crippen LogP) is 0.701. The Balaban J connectivity index is 1.50. The molecule has 3 atom stereocenters. The number of rotatable bonds is 2. The third-order valence-corrected chi connectivity index (χ3v) is 4.85. The first-order valence-corrected chi connectivity index (χ1v) is 6.96.